The Morgan fingerprint density at radius 3 is 1.50 bits per heavy atom. The van der Waals surface area contributed by atoms with Crippen molar-refractivity contribution < 1.29 is 57.9 Å². The van der Waals surface area contributed by atoms with Gasteiger partial charge in [-0.1, -0.05) is 20.8 Å². The molecular weight excluding hydrogens is 127 g/mol. The topological polar surface area (TPSA) is 20.2 Å². The third-order valence-electron chi connectivity index (χ3n) is 1.25. The van der Waals surface area contributed by atoms with Crippen LogP contribution >= 0.6 is 0 Å². The van der Waals surface area contributed by atoms with Crippen molar-refractivity contribution in [2.24, 2.45) is 5.41 Å². The molecular formula is C6H15KO. The molecule has 0 radical (unpaired) electrons. The Hall–Kier alpha value is 1.60. The van der Waals surface area contributed by atoms with Crippen LogP contribution in [0.25, 0.3) is 0 Å². The maximum Gasteiger partial charge on any atom is 1.00 e. The second kappa shape index (κ2) is 4.42. The Morgan fingerprint density at radius 2 is 1.50 bits per heavy atom. The van der Waals surface area contributed by atoms with Gasteiger partial charge < -0.3 is 6.53 Å². The normalized spacial score (nSPS) is 14.6. The SMILES string of the molecule is CC(O)C(C)(C)C.[H-].[K+]. The van der Waals surface area contributed by atoms with Gasteiger partial charge >= 0.3 is 51.4 Å². The third kappa shape index (κ3) is 5.73. The summed E-state index contributed by atoms with van der Waals surface area (Å²) in [4.78, 5) is 0. The summed E-state index contributed by atoms with van der Waals surface area (Å²) in [6.45, 7) is 7.84. The standard InChI is InChI=1S/C6H14O.K.H/c1-5(7)6(2,3)4;;/h5,7H,1-4H3;;/q;+1;-1. The van der Waals surface area contributed by atoms with E-state index in [9.17, 15) is 0 Å². The fourth-order valence-electron chi connectivity index (χ4n) is 0. The maximum absolute atomic E-state index is 8.89. The van der Waals surface area contributed by atoms with Crippen molar-refractivity contribution in [3.8, 4) is 0 Å². The summed E-state index contributed by atoms with van der Waals surface area (Å²) >= 11 is 0. The largest absolute Gasteiger partial charge is 1.00 e. The van der Waals surface area contributed by atoms with Crippen LogP contribution in [0.2, 0.25) is 0 Å². The van der Waals surface area contributed by atoms with Crippen LogP contribution in [0, 0.1) is 5.41 Å². The number of hydrogen-bond acceptors (Lipinski definition) is 1. The smallest absolute Gasteiger partial charge is 1.00 e. The predicted molar refractivity (Wildman–Crippen MR) is 32.2 cm³/mol. The average molecular weight is 142 g/mol. The second-order valence-electron chi connectivity index (χ2n) is 3.04. The molecule has 46 valence electrons. The van der Waals surface area contributed by atoms with Crippen molar-refractivity contribution in [3.63, 3.8) is 0 Å². The summed E-state index contributed by atoms with van der Waals surface area (Å²) in [6.07, 6.45) is -0.201. The van der Waals surface area contributed by atoms with E-state index in [4.69, 9.17) is 5.11 Å². The molecule has 0 spiro atoms. The molecule has 0 heterocycles. The van der Waals surface area contributed by atoms with E-state index >= 15 is 0 Å². The summed E-state index contributed by atoms with van der Waals surface area (Å²) < 4.78 is 0. The monoisotopic (exact) mass is 142 g/mol. The number of aliphatic hydroxyl groups excluding tert-OH is 1. The van der Waals surface area contributed by atoms with Crippen LogP contribution in [0.5, 0.6) is 0 Å². The van der Waals surface area contributed by atoms with Gasteiger partial charge in [0, 0.05) is 0 Å². The summed E-state index contributed by atoms with van der Waals surface area (Å²) in [5, 5.41) is 8.89. The van der Waals surface area contributed by atoms with E-state index in [0.29, 0.717) is 0 Å². The molecule has 0 fully saturated rings. The summed E-state index contributed by atoms with van der Waals surface area (Å²) in [6, 6.07) is 0. The van der Waals surface area contributed by atoms with Gasteiger partial charge in [0.25, 0.3) is 0 Å². The van der Waals surface area contributed by atoms with Gasteiger partial charge in [0.1, 0.15) is 0 Å². The Kier molecular flexibility index (Phi) is 6.79. The summed E-state index contributed by atoms with van der Waals surface area (Å²) in [5.41, 5.74) is 0.0556. The summed E-state index contributed by atoms with van der Waals surface area (Å²) in [5.74, 6) is 0. The third-order valence-corrected chi connectivity index (χ3v) is 1.25. The minimum Gasteiger partial charge on any atom is -1.00 e. The Morgan fingerprint density at radius 1 is 1.38 bits per heavy atom. The van der Waals surface area contributed by atoms with E-state index in [1.165, 1.54) is 0 Å². The zero-order chi connectivity index (χ0) is 6.08. The number of aliphatic hydroxyl groups is 1. The van der Waals surface area contributed by atoms with E-state index in [2.05, 4.69) is 0 Å². The van der Waals surface area contributed by atoms with Crippen molar-refractivity contribution in [3.05, 3.63) is 0 Å². The molecule has 0 aromatic heterocycles. The molecule has 1 nitrogen and oxygen atoms in total. The zero-order valence-corrected chi connectivity index (χ0v) is 9.65. The van der Waals surface area contributed by atoms with Crippen molar-refractivity contribution in [2.45, 2.75) is 33.8 Å². The first-order valence-electron chi connectivity index (χ1n) is 2.62. The molecule has 0 bridgehead atoms. The minimum absolute atomic E-state index is 0. The Bertz CT molecular complexity index is 58.6. The molecule has 0 aromatic rings. The molecule has 1 unspecified atom stereocenters. The van der Waals surface area contributed by atoms with Crippen molar-refractivity contribution in [1.82, 2.24) is 0 Å². The second-order valence-corrected chi connectivity index (χ2v) is 3.04. The molecule has 0 saturated heterocycles. The Labute approximate surface area is 95.8 Å². The van der Waals surface area contributed by atoms with Crippen LogP contribution in [-0.2, 0) is 0 Å². The van der Waals surface area contributed by atoms with Crippen LogP contribution in [0.15, 0.2) is 0 Å². The van der Waals surface area contributed by atoms with Crippen LogP contribution in [0.1, 0.15) is 29.1 Å². The molecule has 0 rings (SSSR count). The van der Waals surface area contributed by atoms with Crippen LogP contribution in [0.4, 0.5) is 0 Å². The first kappa shape index (κ1) is 12.3. The van der Waals surface area contributed by atoms with E-state index < -0.39 is 0 Å². The first-order valence-corrected chi connectivity index (χ1v) is 2.62. The van der Waals surface area contributed by atoms with Gasteiger partial charge in [0.2, 0.25) is 0 Å². The fraction of sp³-hybridized carbons (Fsp3) is 1.00. The van der Waals surface area contributed by atoms with Crippen molar-refractivity contribution in [1.29, 1.82) is 0 Å². The van der Waals surface area contributed by atoms with Gasteiger partial charge in [-0.2, -0.15) is 0 Å². The quantitative estimate of drug-likeness (QED) is 0.409. The van der Waals surface area contributed by atoms with E-state index in [1.54, 1.807) is 6.92 Å². The minimum atomic E-state index is -0.201. The summed E-state index contributed by atoms with van der Waals surface area (Å²) in [7, 11) is 0. The van der Waals surface area contributed by atoms with Crippen LogP contribution in [0.3, 0.4) is 0 Å². The number of rotatable bonds is 0. The van der Waals surface area contributed by atoms with Gasteiger partial charge in [-0.15, -0.1) is 0 Å². The molecule has 0 saturated carbocycles. The van der Waals surface area contributed by atoms with E-state index in [-0.39, 0.29) is 64.3 Å². The molecule has 8 heavy (non-hydrogen) atoms. The average Bonchev–Trinajstić information content (AvgIpc) is 1.31. The van der Waals surface area contributed by atoms with Gasteiger partial charge in [0.15, 0.2) is 0 Å². The maximum atomic E-state index is 8.89. The first-order chi connectivity index (χ1) is 2.94. The molecule has 2 heteroatoms. The Balaban J connectivity index is -0.000000180. The number of hydrogen-bond donors (Lipinski definition) is 1. The van der Waals surface area contributed by atoms with Gasteiger partial charge in [0.05, 0.1) is 6.10 Å². The van der Waals surface area contributed by atoms with Gasteiger partial charge in [-0.3, -0.25) is 0 Å². The molecule has 0 aromatic carbocycles. The van der Waals surface area contributed by atoms with Gasteiger partial charge in [-0.05, 0) is 12.3 Å². The molecule has 0 aliphatic carbocycles. The molecule has 1 atom stereocenters. The van der Waals surface area contributed by atoms with Crippen molar-refractivity contribution in [2.75, 3.05) is 0 Å². The van der Waals surface area contributed by atoms with Crippen molar-refractivity contribution >= 4 is 0 Å². The molecule has 0 amide bonds. The predicted octanol–water partition coefficient (Wildman–Crippen LogP) is -1.47. The zero-order valence-electron chi connectivity index (χ0n) is 7.52. The van der Waals surface area contributed by atoms with E-state index in [0.717, 1.165) is 0 Å². The van der Waals surface area contributed by atoms with E-state index in [1.807, 2.05) is 20.8 Å². The van der Waals surface area contributed by atoms with Gasteiger partial charge in [-0.25, -0.2) is 0 Å². The van der Waals surface area contributed by atoms with Crippen LogP contribution in [-0.4, -0.2) is 11.2 Å². The molecule has 1 N–H and O–H groups in total. The fourth-order valence-corrected chi connectivity index (χ4v) is 0. The molecule has 0 aliphatic heterocycles. The van der Waals surface area contributed by atoms with Crippen LogP contribution < -0.4 is 51.4 Å². The molecule has 0 aliphatic rings.